The quantitative estimate of drug-likeness (QED) is 0.729. The van der Waals surface area contributed by atoms with Crippen LogP contribution >= 0.6 is 11.3 Å². The van der Waals surface area contributed by atoms with E-state index >= 15 is 0 Å². The zero-order valence-corrected chi connectivity index (χ0v) is 16.0. The van der Waals surface area contributed by atoms with Crippen LogP contribution in [0.4, 0.5) is 4.79 Å². The topological polar surface area (TPSA) is 96.3 Å². The van der Waals surface area contributed by atoms with Crippen LogP contribution < -0.4 is 0 Å². The van der Waals surface area contributed by atoms with Crippen molar-refractivity contribution < 1.29 is 19.1 Å². The van der Waals surface area contributed by atoms with Gasteiger partial charge in [-0.2, -0.15) is 4.52 Å². The number of amides is 1. The van der Waals surface area contributed by atoms with E-state index in [4.69, 9.17) is 9.15 Å². The van der Waals surface area contributed by atoms with E-state index in [1.165, 1.54) is 15.9 Å². The van der Waals surface area contributed by atoms with Gasteiger partial charge in [-0.15, -0.1) is 5.10 Å². The van der Waals surface area contributed by atoms with Gasteiger partial charge in [-0.1, -0.05) is 11.3 Å². The first kappa shape index (κ1) is 17.8. The van der Waals surface area contributed by atoms with Crippen molar-refractivity contribution in [3.8, 4) is 5.88 Å². The number of hydrogen-bond donors (Lipinski definition) is 1. The molecule has 1 aliphatic heterocycles. The summed E-state index contributed by atoms with van der Waals surface area (Å²) < 4.78 is 12.2. The molecule has 0 bridgehead atoms. The monoisotopic (exact) mass is 391 g/mol. The van der Waals surface area contributed by atoms with Crippen molar-refractivity contribution in [2.45, 2.75) is 19.9 Å². The molecule has 0 aromatic carbocycles. The molecule has 1 fully saturated rings. The molecule has 0 saturated carbocycles. The Morgan fingerprint density at radius 3 is 2.81 bits per heavy atom. The summed E-state index contributed by atoms with van der Waals surface area (Å²) in [5.41, 5.74) is 0. The number of aromatic hydroxyl groups is 1. The van der Waals surface area contributed by atoms with Gasteiger partial charge in [0.15, 0.2) is 0 Å². The lowest BCUT2D eigenvalue weighted by atomic mass is 10.1. The number of fused-ring (bicyclic) bond motifs is 1. The first-order chi connectivity index (χ1) is 13.1. The van der Waals surface area contributed by atoms with Crippen molar-refractivity contribution in [3.05, 3.63) is 34.9 Å². The predicted molar refractivity (Wildman–Crippen MR) is 98.0 cm³/mol. The Bertz CT molecular complexity index is 927. The molecular weight excluding hydrogens is 370 g/mol. The fraction of sp³-hybridized carbons (Fsp3) is 0.471. The van der Waals surface area contributed by atoms with E-state index in [0.29, 0.717) is 43.6 Å². The first-order valence-electron chi connectivity index (χ1n) is 8.82. The standard InChI is InChI=1S/C17H21N5O4S/c1-3-25-17(24)21-8-6-20(7-9-21)13(12-5-4-10-26-12)14-15(23)22-16(27-14)18-11(2)19-22/h4-5,10,13,23H,3,6-9H2,1-2H3/t13-/m0/s1. The third-order valence-electron chi connectivity index (χ3n) is 4.57. The number of furan rings is 1. The van der Waals surface area contributed by atoms with Gasteiger partial charge in [-0.05, 0) is 26.0 Å². The lowest BCUT2D eigenvalue weighted by Crippen LogP contribution is -2.49. The highest BCUT2D eigenvalue weighted by molar-refractivity contribution is 7.17. The summed E-state index contributed by atoms with van der Waals surface area (Å²) >= 11 is 1.39. The summed E-state index contributed by atoms with van der Waals surface area (Å²) in [6.45, 7) is 6.33. The molecule has 10 heteroatoms. The van der Waals surface area contributed by atoms with Crippen LogP contribution in [0.1, 0.15) is 29.4 Å². The van der Waals surface area contributed by atoms with Crippen molar-refractivity contribution in [1.29, 1.82) is 0 Å². The minimum absolute atomic E-state index is 0.0739. The van der Waals surface area contributed by atoms with E-state index in [1.54, 1.807) is 25.0 Å². The maximum atomic E-state index is 12.0. The maximum Gasteiger partial charge on any atom is 0.409 e. The van der Waals surface area contributed by atoms with Crippen LogP contribution in [0.5, 0.6) is 5.88 Å². The second-order valence-electron chi connectivity index (χ2n) is 6.28. The molecule has 1 N–H and O–H groups in total. The number of rotatable bonds is 4. The van der Waals surface area contributed by atoms with Gasteiger partial charge in [0.2, 0.25) is 10.8 Å². The highest BCUT2D eigenvalue weighted by Gasteiger charge is 2.34. The lowest BCUT2D eigenvalue weighted by Gasteiger charge is -2.37. The molecule has 0 radical (unpaired) electrons. The molecule has 0 spiro atoms. The van der Waals surface area contributed by atoms with E-state index in [0.717, 1.165) is 10.6 Å². The fourth-order valence-electron chi connectivity index (χ4n) is 3.33. The van der Waals surface area contributed by atoms with Crippen LogP contribution in [-0.4, -0.2) is 68.4 Å². The van der Waals surface area contributed by atoms with Crippen LogP contribution in [0.25, 0.3) is 4.96 Å². The van der Waals surface area contributed by atoms with E-state index in [2.05, 4.69) is 15.0 Å². The van der Waals surface area contributed by atoms with Gasteiger partial charge in [0.05, 0.1) is 17.7 Å². The molecule has 1 saturated heterocycles. The Balaban J connectivity index is 1.62. The van der Waals surface area contributed by atoms with Crippen molar-refractivity contribution >= 4 is 22.4 Å². The van der Waals surface area contributed by atoms with Crippen LogP contribution in [-0.2, 0) is 4.74 Å². The molecule has 4 heterocycles. The molecule has 0 unspecified atom stereocenters. The van der Waals surface area contributed by atoms with Gasteiger partial charge in [-0.3, -0.25) is 4.90 Å². The molecule has 3 aromatic heterocycles. The molecule has 4 rings (SSSR count). The zero-order chi connectivity index (χ0) is 19.0. The Hall–Kier alpha value is -2.59. The number of hydrogen-bond acceptors (Lipinski definition) is 8. The molecule has 1 aliphatic rings. The Morgan fingerprint density at radius 1 is 1.41 bits per heavy atom. The van der Waals surface area contributed by atoms with Gasteiger partial charge in [0, 0.05) is 26.2 Å². The van der Waals surface area contributed by atoms with Crippen molar-refractivity contribution in [2.24, 2.45) is 0 Å². The summed E-state index contributed by atoms with van der Waals surface area (Å²) in [4.78, 5) is 21.6. The van der Waals surface area contributed by atoms with Crippen LogP contribution in [0, 0.1) is 6.92 Å². The van der Waals surface area contributed by atoms with Gasteiger partial charge in [0.1, 0.15) is 17.6 Å². The summed E-state index contributed by atoms with van der Waals surface area (Å²) in [5.74, 6) is 1.42. The van der Waals surface area contributed by atoms with Gasteiger partial charge >= 0.3 is 6.09 Å². The molecule has 3 aromatic rings. The molecule has 27 heavy (non-hydrogen) atoms. The Labute approximate surface area is 159 Å². The number of thiazole rings is 1. The SMILES string of the molecule is CCOC(=O)N1CCN([C@@H](c2ccco2)c2sc3nc(C)nn3c2O)CC1. The number of carbonyl (C=O) groups is 1. The molecule has 144 valence electrons. The number of ether oxygens (including phenoxy) is 1. The Morgan fingerprint density at radius 2 is 2.19 bits per heavy atom. The molecular formula is C17H21N5O4S. The summed E-state index contributed by atoms with van der Waals surface area (Å²) in [5, 5.41) is 15.0. The number of nitrogens with zero attached hydrogens (tertiary/aromatic N) is 5. The number of aromatic nitrogens is 3. The molecule has 1 amide bonds. The Kier molecular flexibility index (Phi) is 4.75. The highest BCUT2D eigenvalue weighted by atomic mass is 32.1. The summed E-state index contributed by atoms with van der Waals surface area (Å²) in [6, 6.07) is 3.45. The van der Waals surface area contributed by atoms with Crippen molar-refractivity contribution in [3.63, 3.8) is 0 Å². The van der Waals surface area contributed by atoms with Gasteiger partial charge in [-0.25, -0.2) is 9.78 Å². The third-order valence-corrected chi connectivity index (χ3v) is 5.64. The van der Waals surface area contributed by atoms with E-state index < -0.39 is 0 Å². The summed E-state index contributed by atoms with van der Waals surface area (Å²) in [7, 11) is 0. The predicted octanol–water partition coefficient (Wildman–Crippen LogP) is 2.26. The number of carbonyl (C=O) groups excluding carboxylic acids is 1. The van der Waals surface area contributed by atoms with Gasteiger partial charge in [0.25, 0.3) is 0 Å². The fourth-order valence-corrected chi connectivity index (χ4v) is 4.47. The minimum Gasteiger partial charge on any atom is -0.492 e. The van der Waals surface area contributed by atoms with E-state index in [1.807, 2.05) is 12.1 Å². The second kappa shape index (κ2) is 7.20. The third kappa shape index (κ3) is 3.26. The van der Waals surface area contributed by atoms with Gasteiger partial charge < -0.3 is 19.2 Å². The van der Waals surface area contributed by atoms with Crippen LogP contribution in [0.15, 0.2) is 22.8 Å². The average molecular weight is 391 g/mol. The molecule has 0 aliphatic carbocycles. The van der Waals surface area contributed by atoms with Crippen LogP contribution in [0.2, 0.25) is 0 Å². The zero-order valence-electron chi connectivity index (χ0n) is 15.2. The van der Waals surface area contributed by atoms with E-state index in [-0.39, 0.29) is 18.0 Å². The molecule has 1 atom stereocenters. The number of aryl methyl sites for hydroxylation is 1. The second-order valence-corrected chi connectivity index (χ2v) is 7.29. The largest absolute Gasteiger partial charge is 0.492 e. The maximum absolute atomic E-state index is 12.0. The summed E-state index contributed by atoms with van der Waals surface area (Å²) in [6.07, 6.45) is 1.33. The first-order valence-corrected chi connectivity index (χ1v) is 9.64. The van der Waals surface area contributed by atoms with Crippen molar-refractivity contribution in [1.82, 2.24) is 24.4 Å². The number of piperazine rings is 1. The smallest absolute Gasteiger partial charge is 0.409 e. The minimum atomic E-state index is -0.288. The van der Waals surface area contributed by atoms with Crippen LogP contribution in [0.3, 0.4) is 0 Å². The van der Waals surface area contributed by atoms with E-state index in [9.17, 15) is 9.90 Å². The molecule has 9 nitrogen and oxygen atoms in total. The lowest BCUT2D eigenvalue weighted by molar-refractivity contribution is 0.0686. The van der Waals surface area contributed by atoms with Crippen molar-refractivity contribution in [2.75, 3.05) is 32.8 Å². The highest BCUT2D eigenvalue weighted by Crippen LogP contribution is 2.40. The normalized spacial score (nSPS) is 16.7. The average Bonchev–Trinajstić information content (AvgIpc) is 3.36.